The van der Waals surface area contributed by atoms with Crippen molar-refractivity contribution in [1.82, 2.24) is 29.9 Å². The van der Waals surface area contributed by atoms with E-state index in [4.69, 9.17) is 18.5 Å². The first kappa shape index (κ1) is 26.2. The number of rotatable bonds is 12. The number of aryl methyl sites for hydroxylation is 2. The van der Waals surface area contributed by atoms with Crippen LogP contribution in [0.4, 0.5) is 0 Å². The van der Waals surface area contributed by atoms with E-state index in [1.165, 1.54) is 0 Å². The fourth-order valence-electron chi connectivity index (χ4n) is 5.07. The number of aromatic nitrogens is 2. The maximum Gasteiger partial charge on any atom is 0.134 e. The molecule has 0 spiro atoms. The van der Waals surface area contributed by atoms with Crippen LogP contribution in [0, 0.1) is 13.8 Å². The van der Waals surface area contributed by atoms with Crippen molar-refractivity contribution in [2.75, 3.05) is 79.7 Å². The standard InChI is InChI=1S/C25H42N6O4/c1-20-14-22(26-34-20)18-32-12-5-6-30-9-7-28(3)24(16-30)25-17-31(10-8-29(25)4)11-13-33-19-23-15-21(2)35-27-23/h14-15,24-25H,5-13,16-19H2,1-4H3. The molecule has 35 heavy (non-hydrogen) atoms. The lowest BCUT2D eigenvalue weighted by molar-refractivity contribution is -0.0109. The predicted octanol–water partition coefficient (Wildman–Crippen LogP) is 1.63. The lowest BCUT2D eigenvalue weighted by atomic mass is 9.99. The predicted molar refractivity (Wildman–Crippen MR) is 132 cm³/mol. The molecule has 10 nitrogen and oxygen atoms in total. The Kier molecular flexibility index (Phi) is 9.70. The minimum atomic E-state index is 0.511. The molecule has 0 radical (unpaired) electrons. The maximum absolute atomic E-state index is 5.86. The van der Waals surface area contributed by atoms with Crippen LogP contribution in [0.5, 0.6) is 0 Å². The lowest BCUT2D eigenvalue weighted by Gasteiger charge is -2.49. The average Bonchev–Trinajstić information content (AvgIpc) is 3.46. The summed E-state index contributed by atoms with van der Waals surface area (Å²) in [6, 6.07) is 4.90. The lowest BCUT2D eigenvalue weighted by Crippen LogP contribution is -2.65. The van der Waals surface area contributed by atoms with Crippen molar-refractivity contribution in [3.8, 4) is 0 Å². The largest absolute Gasteiger partial charge is 0.375 e. The Morgan fingerprint density at radius 2 is 1.29 bits per heavy atom. The van der Waals surface area contributed by atoms with Crippen molar-refractivity contribution in [3.05, 3.63) is 35.0 Å². The Hall–Kier alpha value is -1.82. The van der Waals surface area contributed by atoms with Gasteiger partial charge >= 0.3 is 0 Å². The molecule has 2 unspecified atom stereocenters. The molecule has 196 valence electrons. The third-order valence-electron chi connectivity index (χ3n) is 7.17. The molecule has 2 atom stereocenters. The van der Waals surface area contributed by atoms with E-state index in [-0.39, 0.29) is 0 Å². The molecule has 0 aromatic carbocycles. The van der Waals surface area contributed by atoms with E-state index in [1.54, 1.807) is 0 Å². The van der Waals surface area contributed by atoms with Crippen LogP contribution in [0.25, 0.3) is 0 Å². The summed E-state index contributed by atoms with van der Waals surface area (Å²) in [5.41, 5.74) is 1.73. The first-order valence-corrected chi connectivity index (χ1v) is 12.8. The van der Waals surface area contributed by atoms with Crippen LogP contribution >= 0.6 is 0 Å². The van der Waals surface area contributed by atoms with Crippen molar-refractivity contribution in [2.45, 2.75) is 45.6 Å². The van der Waals surface area contributed by atoms with E-state index < -0.39 is 0 Å². The SMILES string of the molecule is Cc1cc(COCCCN2CCN(C)C(C3CN(CCOCc4cc(C)on4)CCN3C)C2)no1. The average molecular weight is 491 g/mol. The first-order valence-electron chi connectivity index (χ1n) is 12.8. The van der Waals surface area contributed by atoms with Crippen molar-refractivity contribution >= 4 is 0 Å². The van der Waals surface area contributed by atoms with Crippen LogP contribution in [0.3, 0.4) is 0 Å². The molecular weight excluding hydrogens is 448 g/mol. The summed E-state index contributed by atoms with van der Waals surface area (Å²) < 4.78 is 21.9. The Labute approximate surface area is 209 Å². The summed E-state index contributed by atoms with van der Waals surface area (Å²) in [6.07, 6.45) is 1.03. The van der Waals surface area contributed by atoms with E-state index in [2.05, 4.69) is 44.0 Å². The zero-order chi connectivity index (χ0) is 24.6. The van der Waals surface area contributed by atoms with E-state index in [1.807, 2.05) is 26.0 Å². The molecule has 2 aromatic heterocycles. The van der Waals surface area contributed by atoms with E-state index in [0.717, 1.165) is 88.3 Å². The molecule has 2 aliphatic heterocycles. The smallest absolute Gasteiger partial charge is 0.134 e. The van der Waals surface area contributed by atoms with Gasteiger partial charge in [-0.1, -0.05) is 10.3 Å². The maximum atomic E-state index is 5.86. The molecule has 4 heterocycles. The second kappa shape index (κ2) is 12.9. The van der Waals surface area contributed by atoms with Gasteiger partial charge in [0.1, 0.15) is 22.9 Å². The van der Waals surface area contributed by atoms with Gasteiger partial charge in [-0.2, -0.15) is 0 Å². The molecule has 0 N–H and O–H groups in total. The van der Waals surface area contributed by atoms with Gasteiger partial charge in [-0.25, -0.2) is 0 Å². The highest BCUT2D eigenvalue weighted by Gasteiger charge is 2.36. The van der Waals surface area contributed by atoms with Gasteiger partial charge < -0.3 is 23.4 Å². The molecule has 0 amide bonds. The molecule has 2 aliphatic rings. The second-order valence-corrected chi connectivity index (χ2v) is 10.0. The number of ether oxygens (including phenoxy) is 2. The van der Waals surface area contributed by atoms with E-state index in [0.29, 0.717) is 31.9 Å². The Morgan fingerprint density at radius 1 is 0.771 bits per heavy atom. The Bertz CT molecular complexity index is 889. The van der Waals surface area contributed by atoms with Gasteiger partial charge in [0.2, 0.25) is 0 Å². The van der Waals surface area contributed by atoms with Crippen LogP contribution in [0.15, 0.2) is 21.2 Å². The third-order valence-corrected chi connectivity index (χ3v) is 7.17. The molecule has 2 aromatic rings. The number of nitrogens with zero attached hydrogens (tertiary/aromatic N) is 6. The van der Waals surface area contributed by atoms with Gasteiger partial charge in [-0.05, 0) is 34.4 Å². The molecule has 2 saturated heterocycles. The van der Waals surface area contributed by atoms with Crippen LogP contribution in [0.2, 0.25) is 0 Å². The van der Waals surface area contributed by atoms with Crippen molar-refractivity contribution in [3.63, 3.8) is 0 Å². The van der Waals surface area contributed by atoms with Crippen LogP contribution in [-0.4, -0.2) is 122 Å². The van der Waals surface area contributed by atoms with Crippen molar-refractivity contribution < 1.29 is 18.5 Å². The summed E-state index contributed by atoms with van der Waals surface area (Å²) in [5.74, 6) is 1.65. The van der Waals surface area contributed by atoms with Gasteiger partial charge in [0, 0.05) is 83.2 Å². The van der Waals surface area contributed by atoms with E-state index in [9.17, 15) is 0 Å². The van der Waals surface area contributed by atoms with Crippen molar-refractivity contribution in [2.24, 2.45) is 0 Å². The summed E-state index contributed by atoms with van der Waals surface area (Å²) in [6.45, 7) is 14.9. The van der Waals surface area contributed by atoms with Gasteiger partial charge in [0.05, 0.1) is 19.8 Å². The molecule has 0 aliphatic carbocycles. The summed E-state index contributed by atoms with van der Waals surface area (Å²) in [7, 11) is 4.55. The number of likely N-dealkylation sites (N-methyl/N-ethyl adjacent to an activating group) is 2. The molecule has 10 heteroatoms. The summed E-state index contributed by atoms with van der Waals surface area (Å²) in [5, 5.41) is 7.99. The Balaban J connectivity index is 1.17. The molecule has 0 saturated carbocycles. The van der Waals surface area contributed by atoms with Crippen LogP contribution in [0.1, 0.15) is 29.3 Å². The molecule has 4 rings (SSSR count). The van der Waals surface area contributed by atoms with Crippen LogP contribution in [-0.2, 0) is 22.7 Å². The number of hydrogen-bond acceptors (Lipinski definition) is 10. The quantitative estimate of drug-likeness (QED) is 0.410. The third kappa shape index (κ3) is 7.83. The fraction of sp³-hybridized carbons (Fsp3) is 0.760. The Morgan fingerprint density at radius 3 is 1.80 bits per heavy atom. The topological polar surface area (TPSA) is 83.5 Å². The zero-order valence-corrected chi connectivity index (χ0v) is 21.8. The normalized spacial score (nSPS) is 23.3. The summed E-state index contributed by atoms with van der Waals surface area (Å²) in [4.78, 5) is 10.2. The highest BCUT2D eigenvalue weighted by molar-refractivity contribution is 5.02. The highest BCUT2D eigenvalue weighted by Crippen LogP contribution is 2.19. The van der Waals surface area contributed by atoms with Gasteiger partial charge in [-0.3, -0.25) is 14.7 Å². The van der Waals surface area contributed by atoms with Crippen molar-refractivity contribution in [1.29, 1.82) is 0 Å². The molecule has 2 fully saturated rings. The molecule has 0 bridgehead atoms. The number of hydrogen-bond donors (Lipinski definition) is 0. The molecular formula is C25H42N6O4. The fourth-order valence-corrected chi connectivity index (χ4v) is 5.07. The summed E-state index contributed by atoms with van der Waals surface area (Å²) >= 11 is 0. The van der Waals surface area contributed by atoms with Gasteiger partial charge in [0.15, 0.2) is 0 Å². The highest BCUT2D eigenvalue weighted by atomic mass is 16.5. The zero-order valence-electron chi connectivity index (χ0n) is 21.8. The van der Waals surface area contributed by atoms with Crippen LogP contribution < -0.4 is 0 Å². The second-order valence-electron chi connectivity index (χ2n) is 10.0. The number of piperazine rings is 2. The van der Waals surface area contributed by atoms with E-state index >= 15 is 0 Å². The first-order chi connectivity index (χ1) is 17.0. The monoisotopic (exact) mass is 490 g/mol. The minimum Gasteiger partial charge on any atom is -0.375 e. The minimum absolute atomic E-state index is 0.511. The van der Waals surface area contributed by atoms with Gasteiger partial charge in [-0.15, -0.1) is 0 Å². The van der Waals surface area contributed by atoms with Gasteiger partial charge in [0.25, 0.3) is 0 Å².